The van der Waals surface area contributed by atoms with Crippen molar-refractivity contribution in [1.29, 1.82) is 0 Å². The Morgan fingerprint density at radius 2 is 2.26 bits per heavy atom. The molecule has 3 aromatic rings. The van der Waals surface area contributed by atoms with E-state index in [1.165, 1.54) is 18.3 Å². The second kappa shape index (κ2) is 7.28. The highest BCUT2D eigenvalue weighted by Gasteiger charge is 2.31. The number of carbonyl (C=O) groups excluding carboxylic acids is 1. The molecule has 0 aliphatic carbocycles. The Balaban J connectivity index is 1.43. The van der Waals surface area contributed by atoms with Gasteiger partial charge in [0.15, 0.2) is 5.13 Å². The van der Waals surface area contributed by atoms with E-state index in [1.807, 2.05) is 36.3 Å². The van der Waals surface area contributed by atoms with Crippen molar-refractivity contribution in [2.24, 2.45) is 7.05 Å². The number of carbonyl (C=O) groups is 1. The highest BCUT2D eigenvalue weighted by Crippen LogP contribution is 2.30. The van der Waals surface area contributed by atoms with Gasteiger partial charge in [0.05, 0.1) is 6.20 Å². The van der Waals surface area contributed by atoms with E-state index in [0.717, 1.165) is 41.0 Å². The van der Waals surface area contributed by atoms with Gasteiger partial charge in [-0.15, -0.1) is 11.3 Å². The van der Waals surface area contributed by atoms with Crippen molar-refractivity contribution < 1.29 is 9.53 Å². The van der Waals surface area contributed by atoms with Crippen molar-refractivity contribution in [2.45, 2.75) is 39.0 Å². The van der Waals surface area contributed by atoms with E-state index in [9.17, 15) is 4.79 Å². The molecule has 2 unspecified atom stereocenters. The van der Waals surface area contributed by atoms with Crippen molar-refractivity contribution in [3.05, 3.63) is 35.5 Å². The first-order valence-corrected chi connectivity index (χ1v) is 9.85. The fourth-order valence-corrected chi connectivity index (χ4v) is 4.50. The van der Waals surface area contributed by atoms with Crippen LogP contribution in [-0.2, 0) is 18.4 Å². The molecular weight excluding hydrogens is 362 g/mol. The topological polar surface area (TPSA) is 72.3 Å². The molecule has 1 saturated heterocycles. The van der Waals surface area contributed by atoms with Crippen LogP contribution in [0.1, 0.15) is 25.1 Å². The summed E-state index contributed by atoms with van der Waals surface area (Å²) in [6.45, 7) is 5.40. The third-order valence-corrected chi connectivity index (χ3v) is 5.78. The van der Waals surface area contributed by atoms with Gasteiger partial charge in [-0.25, -0.2) is 4.98 Å². The van der Waals surface area contributed by atoms with Gasteiger partial charge in [-0.1, -0.05) is 12.1 Å². The lowest BCUT2D eigenvalue weighted by Crippen LogP contribution is -2.27. The van der Waals surface area contributed by atoms with Crippen LogP contribution in [0.5, 0.6) is 5.75 Å². The van der Waals surface area contributed by atoms with Gasteiger partial charge in [-0.3, -0.25) is 14.4 Å². The minimum Gasteiger partial charge on any atom is -0.487 e. The average Bonchev–Trinajstić information content (AvgIpc) is 3.29. The standard InChI is InChI=1S/C19H23N5O2S/c1-12-7-15(26-17-6-4-5-14-8-21-23(3)18(14)17)10-24(12)11-16-9-20-19(27-16)22-13(2)25/h4-6,8-9,12,15H,7,10-11H2,1-3H3,(H,20,22,25). The van der Waals surface area contributed by atoms with E-state index in [1.54, 1.807) is 0 Å². The van der Waals surface area contributed by atoms with E-state index in [4.69, 9.17) is 4.74 Å². The van der Waals surface area contributed by atoms with Crippen LogP contribution in [0.2, 0.25) is 0 Å². The summed E-state index contributed by atoms with van der Waals surface area (Å²) in [4.78, 5) is 19.0. The van der Waals surface area contributed by atoms with Crippen LogP contribution < -0.4 is 10.1 Å². The molecule has 27 heavy (non-hydrogen) atoms. The number of fused-ring (bicyclic) bond motifs is 1. The molecule has 0 saturated carbocycles. The highest BCUT2D eigenvalue weighted by molar-refractivity contribution is 7.15. The Morgan fingerprint density at radius 1 is 1.41 bits per heavy atom. The third kappa shape index (κ3) is 3.81. The van der Waals surface area contributed by atoms with Crippen molar-refractivity contribution in [3.8, 4) is 5.75 Å². The fourth-order valence-electron chi connectivity index (χ4n) is 3.61. The third-order valence-electron chi connectivity index (χ3n) is 4.88. The maximum Gasteiger partial charge on any atom is 0.223 e. The van der Waals surface area contributed by atoms with Gasteiger partial charge in [-0.05, 0) is 13.0 Å². The predicted molar refractivity (Wildman–Crippen MR) is 106 cm³/mol. The number of hydrogen-bond donors (Lipinski definition) is 1. The minimum absolute atomic E-state index is 0.0942. The number of para-hydroxylation sites is 1. The van der Waals surface area contributed by atoms with E-state index >= 15 is 0 Å². The van der Waals surface area contributed by atoms with Crippen molar-refractivity contribution in [1.82, 2.24) is 19.7 Å². The number of amides is 1. The molecule has 2 atom stereocenters. The van der Waals surface area contributed by atoms with Gasteiger partial charge in [-0.2, -0.15) is 5.10 Å². The number of hydrogen-bond acceptors (Lipinski definition) is 6. The zero-order chi connectivity index (χ0) is 19.0. The molecule has 1 fully saturated rings. The molecule has 8 heteroatoms. The molecule has 3 heterocycles. The number of aromatic nitrogens is 3. The largest absolute Gasteiger partial charge is 0.487 e. The quantitative estimate of drug-likeness (QED) is 0.731. The van der Waals surface area contributed by atoms with Crippen LogP contribution in [0, 0.1) is 0 Å². The van der Waals surface area contributed by atoms with E-state index < -0.39 is 0 Å². The number of aryl methyl sites for hydroxylation is 1. The molecule has 0 spiro atoms. The van der Waals surface area contributed by atoms with Gasteiger partial charge < -0.3 is 10.1 Å². The Morgan fingerprint density at radius 3 is 3.07 bits per heavy atom. The summed E-state index contributed by atoms with van der Waals surface area (Å²) in [7, 11) is 1.94. The molecular formula is C19H23N5O2S. The number of anilines is 1. The highest BCUT2D eigenvalue weighted by atomic mass is 32.1. The number of thiazole rings is 1. The van der Waals surface area contributed by atoms with E-state index in [2.05, 4.69) is 33.3 Å². The van der Waals surface area contributed by atoms with Gasteiger partial charge in [0, 0.05) is 56.0 Å². The Bertz CT molecular complexity index is 966. The molecule has 1 N–H and O–H groups in total. The summed E-state index contributed by atoms with van der Waals surface area (Å²) in [5.41, 5.74) is 1.03. The molecule has 1 amide bonds. The Kier molecular flexibility index (Phi) is 4.84. The number of likely N-dealkylation sites (tertiary alicyclic amines) is 1. The Hall–Kier alpha value is -2.45. The van der Waals surface area contributed by atoms with Gasteiger partial charge in [0.1, 0.15) is 17.4 Å². The molecule has 142 valence electrons. The van der Waals surface area contributed by atoms with E-state index in [0.29, 0.717) is 11.2 Å². The number of nitrogens with one attached hydrogen (secondary N) is 1. The Labute approximate surface area is 162 Å². The molecule has 4 rings (SSSR count). The van der Waals surface area contributed by atoms with E-state index in [-0.39, 0.29) is 12.0 Å². The maximum atomic E-state index is 11.2. The zero-order valence-electron chi connectivity index (χ0n) is 15.7. The summed E-state index contributed by atoms with van der Waals surface area (Å²) in [5.74, 6) is 0.792. The molecule has 0 radical (unpaired) electrons. The number of benzene rings is 1. The number of nitrogens with zero attached hydrogens (tertiary/aromatic N) is 4. The second-order valence-electron chi connectivity index (χ2n) is 7.03. The molecule has 1 aromatic carbocycles. The van der Waals surface area contributed by atoms with Crippen molar-refractivity contribution in [3.63, 3.8) is 0 Å². The van der Waals surface area contributed by atoms with Crippen molar-refractivity contribution >= 4 is 33.3 Å². The van der Waals surface area contributed by atoms with Gasteiger partial charge in [0.2, 0.25) is 5.91 Å². The summed E-state index contributed by atoms with van der Waals surface area (Å²) < 4.78 is 8.22. The number of rotatable bonds is 5. The summed E-state index contributed by atoms with van der Waals surface area (Å²) >= 11 is 1.52. The van der Waals surface area contributed by atoms with Crippen LogP contribution in [0.3, 0.4) is 0 Å². The first kappa shape index (κ1) is 17.9. The molecule has 1 aliphatic heterocycles. The predicted octanol–water partition coefficient (Wildman–Crippen LogP) is 3.03. The summed E-state index contributed by atoms with van der Waals surface area (Å²) in [6, 6.07) is 6.50. The van der Waals surface area contributed by atoms with Gasteiger partial charge >= 0.3 is 0 Å². The molecule has 1 aliphatic rings. The van der Waals surface area contributed by atoms with Crippen LogP contribution in [0.25, 0.3) is 10.9 Å². The zero-order valence-corrected chi connectivity index (χ0v) is 16.5. The normalized spacial score (nSPS) is 20.3. The molecule has 2 aromatic heterocycles. The smallest absolute Gasteiger partial charge is 0.223 e. The van der Waals surface area contributed by atoms with Crippen LogP contribution >= 0.6 is 11.3 Å². The SMILES string of the molecule is CC(=O)Nc1ncc(CN2CC(Oc3cccc4cnn(C)c34)CC2C)s1. The average molecular weight is 385 g/mol. The van der Waals surface area contributed by atoms with Crippen LogP contribution in [-0.4, -0.2) is 44.3 Å². The first-order valence-electron chi connectivity index (χ1n) is 9.03. The van der Waals surface area contributed by atoms with Crippen LogP contribution in [0.15, 0.2) is 30.6 Å². The van der Waals surface area contributed by atoms with Crippen molar-refractivity contribution in [2.75, 3.05) is 11.9 Å². The first-order chi connectivity index (χ1) is 13.0. The number of ether oxygens (including phenoxy) is 1. The molecule has 0 bridgehead atoms. The second-order valence-corrected chi connectivity index (χ2v) is 8.14. The maximum absolute atomic E-state index is 11.2. The van der Waals surface area contributed by atoms with Crippen LogP contribution in [0.4, 0.5) is 5.13 Å². The summed E-state index contributed by atoms with van der Waals surface area (Å²) in [5, 5.41) is 8.81. The minimum atomic E-state index is -0.0942. The lowest BCUT2D eigenvalue weighted by Gasteiger charge is -2.19. The molecule has 7 nitrogen and oxygen atoms in total. The monoisotopic (exact) mass is 385 g/mol. The fraction of sp³-hybridized carbons (Fsp3) is 0.421. The lowest BCUT2D eigenvalue weighted by molar-refractivity contribution is -0.114. The van der Waals surface area contributed by atoms with Gasteiger partial charge in [0.25, 0.3) is 0 Å². The summed E-state index contributed by atoms with van der Waals surface area (Å²) in [6.07, 6.45) is 4.82. The lowest BCUT2D eigenvalue weighted by atomic mass is 10.2.